The Kier molecular flexibility index (Phi) is 6.23. The number of piperazine rings is 1. The molecular weight excluding hydrogens is 252 g/mol. The molecule has 2 amide bonds. The van der Waals surface area contributed by atoms with Gasteiger partial charge in [0.25, 0.3) is 0 Å². The number of hydrogen-bond acceptors (Lipinski definition) is 5. The van der Waals surface area contributed by atoms with Crippen molar-refractivity contribution in [3.8, 4) is 0 Å². The zero-order valence-electron chi connectivity index (χ0n) is 10.7. The maximum Gasteiger partial charge on any atom is 0.322 e. The number of nitrogens with one attached hydrogen (secondary N) is 2. The summed E-state index contributed by atoms with van der Waals surface area (Å²) in [6.07, 6.45) is 0.184. The van der Waals surface area contributed by atoms with E-state index in [1.54, 1.807) is 4.90 Å². The summed E-state index contributed by atoms with van der Waals surface area (Å²) in [4.78, 5) is 35.3. The van der Waals surface area contributed by atoms with Crippen LogP contribution in [-0.2, 0) is 14.4 Å². The molecule has 1 saturated heterocycles. The molecule has 1 aliphatic heterocycles. The van der Waals surface area contributed by atoms with Crippen LogP contribution in [0.15, 0.2) is 0 Å². The SMILES string of the molecule is N[C@@H](CNC(=O)CCC(=O)N1CCNCC1)C(=O)O. The molecular formula is C11H20N4O4. The summed E-state index contributed by atoms with van der Waals surface area (Å²) in [5, 5.41) is 14.1. The number of nitrogens with two attached hydrogens (primary N) is 1. The number of amides is 2. The van der Waals surface area contributed by atoms with Gasteiger partial charge in [0, 0.05) is 45.6 Å². The largest absolute Gasteiger partial charge is 0.480 e. The fourth-order valence-electron chi connectivity index (χ4n) is 1.69. The molecule has 1 heterocycles. The van der Waals surface area contributed by atoms with Crippen molar-refractivity contribution in [3.63, 3.8) is 0 Å². The smallest absolute Gasteiger partial charge is 0.322 e. The number of carbonyl (C=O) groups is 3. The normalized spacial score (nSPS) is 16.8. The molecule has 108 valence electrons. The fraction of sp³-hybridized carbons (Fsp3) is 0.727. The molecule has 0 aromatic heterocycles. The molecule has 0 saturated carbocycles. The first-order chi connectivity index (χ1) is 9.00. The number of aliphatic carboxylic acids is 1. The van der Waals surface area contributed by atoms with Gasteiger partial charge >= 0.3 is 5.97 Å². The second kappa shape index (κ2) is 7.70. The highest BCUT2D eigenvalue weighted by molar-refractivity contribution is 5.84. The van der Waals surface area contributed by atoms with E-state index in [-0.39, 0.29) is 31.2 Å². The number of hydrogen-bond donors (Lipinski definition) is 4. The summed E-state index contributed by atoms with van der Waals surface area (Å²) in [6.45, 7) is 2.72. The molecule has 0 radical (unpaired) electrons. The van der Waals surface area contributed by atoms with E-state index < -0.39 is 12.0 Å². The second-order valence-electron chi connectivity index (χ2n) is 4.38. The molecule has 0 aromatic carbocycles. The van der Waals surface area contributed by atoms with Crippen LogP contribution in [0.1, 0.15) is 12.8 Å². The number of rotatable bonds is 6. The van der Waals surface area contributed by atoms with Gasteiger partial charge < -0.3 is 26.4 Å². The number of nitrogens with zero attached hydrogens (tertiary/aromatic N) is 1. The Morgan fingerprint density at radius 3 is 2.47 bits per heavy atom. The summed E-state index contributed by atoms with van der Waals surface area (Å²) in [5.74, 6) is -1.59. The molecule has 0 bridgehead atoms. The monoisotopic (exact) mass is 272 g/mol. The standard InChI is InChI=1S/C11H20N4O4/c12-8(11(18)19)7-14-9(16)1-2-10(17)15-5-3-13-4-6-15/h8,13H,1-7,12H2,(H,14,16)(H,18,19)/t8-/m0/s1. The molecule has 1 rings (SSSR count). The van der Waals surface area contributed by atoms with Crippen LogP contribution < -0.4 is 16.4 Å². The lowest BCUT2D eigenvalue weighted by Gasteiger charge is -2.27. The van der Waals surface area contributed by atoms with Crippen molar-refractivity contribution in [1.29, 1.82) is 0 Å². The van der Waals surface area contributed by atoms with E-state index in [1.807, 2.05) is 0 Å². The highest BCUT2D eigenvalue weighted by Crippen LogP contribution is 2.00. The minimum atomic E-state index is -1.17. The minimum Gasteiger partial charge on any atom is -0.480 e. The van der Waals surface area contributed by atoms with Crippen LogP contribution in [0.2, 0.25) is 0 Å². The molecule has 8 nitrogen and oxygen atoms in total. The van der Waals surface area contributed by atoms with E-state index in [4.69, 9.17) is 10.8 Å². The third-order valence-electron chi connectivity index (χ3n) is 2.87. The molecule has 0 unspecified atom stereocenters. The van der Waals surface area contributed by atoms with E-state index in [0.717, 1.165) is 13.1 Å². The highest BCUT2D eigenvalue weighted by atomic mass is 16.4. The molecule has 0 aromatic rings. The van der Waals surface area contributed by atoms with Crippen LogP contribution in [0.3, 0.4) is 0 Å². The van der Waals surface area contributed by atoms with Crippen LogP contribution in [-0.4, -0.2) is 66.6 Å². The van der Waals surface area contributed by atoms with E-state index in [0.29, 0.717) is 13.1 Å². The Morgan fingerprint density at radius 1 is 1.26 bits per heavy atom. The average molecular weight is 272 g/mol. The number of carboxylic acids is 1. The Morgan fingerprint density at radius 2 is 1.89 bits per heavy atom. The second-order valence-corrected chi connectivity index (χ2v) is 4.38. The molecule has 1 atom stereocenters. The number of carboxylic acid groups (broad SMARTS) is 1. The van der Waals surface area contributed by atoms with E-state index in [2.05, 4.69) is 10.6 Å². The van der Waals surface area contributed by atoms with Crippen LogP contribution in [0.4, 0.5) is 0 Å². The predicted molar refractivity (Wildman–Crippen MR) is 67.3 cm³/mol. The topological polar surface area (TPSA) is 125 Å². The van der Waals surface area contributed by atoms with Crippen LogP contribution in [0.5, 0.6) is 0 Å². The van der Waals surface area contributed by atoms with Gasteiger partial charge in [0.1, 0.15) is 6.04 Å². The van der Waals surface area contributed by atoms with Crippen LogP contribution >= 0.6 is 0 Å². The zero-order chi connectivity index (χ0) is 14.3. The third-order valence-corrected chi connectivity index (χ3v) is 2.87. The highest BCUT2D eigenvalue weighted by Gasteiger charge is 2.17. The van der Waals surface area contributed by atoms with Crippen molar-refractivity contribution in [1.82, 2.24) is 15.5 Å². The predicted octanol–water partition coefficient (Wildman–Crippen LogP) is -2.27. The first-order valence-electron chi connectivity index (χ1n) is 6.24. The lowest BCUT2D eigenvalue weighted by molar-refractivity contribution is -0.138. The van der Waals surface area contributed by atoms with E-state index >= 15 is 0 Å². The summed E-state index contributed by atoms with van der Waals surface area (Å²) in [5.41, 5.74) is 5.24. The van der Waals surface area contributed by atoms with Crippen molar-refractivity contribution in [2.45, 2.75) is 18.9 Å². The quantitative estimate of drug-likeness (QED) is 0.432. The fourth-order valence-corrected chi connectivity index (χ4v) is 1.69. The van der Waals surface area contributed by atoms with Gasteiger partial charge in [0.05, 0.1) is 0 Å². The lowest BCUT2D eigenvalue weighted by atomic mass is 10.2. The van der Waals surface area contributed by atoms with Gasteiger partial charge in [-0.05, 0) is 0 Å². The Labute approximate surface area is 111 Å². The number of carbonyl (C=O) groups excluding carboxylic acids is 2. The maximum atomic E-state index is 11.7. The third kappa shape index (κ3) is 5.66. The van der Waals surface area contributed by atoms with Crippen molar-refractivity contribution in [2.75, 3.05) is 32.7 Å². The van der Waals surface area contributed by atoms with Crippen molar-refractivity contribution >= 4 is 17.8 Å². The van der Waals surface area contributed by atoms with Crippen LogP contribution in [0.25, 0.3) is 0 Å². The van der Waals surface area contributed by atoms with Gasteiger partial charge in [-0.15, -0.1) is 0 Å². The Hall–Kier alpha value is -1.67. The van der Waals surface area contributed by atoms with Gasteiger partial charge in [-0.25, -0.2) is 0 Å². The van der Waals surface area contributed by atoms with Gasteiger partial charge in [0.15, 0.2) is 0 Å². The lowest BCUT2D eigenvalue weighted by Crippen LogP contribution is -2.46. The molecule has 5 N–H and O–H groups in total. The van der Waals surface area contributed by atoms with Gasteiger partial charge in [-0.1, -0.05) is 0 Å². The van der Waals surface area contributed by atoms with Crippen molar-refractivity contribution in [2.24, 2.45) is 5.73 Å². The van der Waals surface area contributed by atoms with E-state index in [1.165, 1.54) is 0 Å². The Bertz CT molecular complexity index is 342. The van der Waals surface area contributed by atoms with Gasteiger partial charge in [-0.3, -0.25) is 14.4 Å². The minimum absolute atomic E-state index is 0.0507. The first-order valence-corrected chi connectivity index (χ1v) is 6.24. The van der Waals surface area contributed by atoms with E-state index in [9.17, 15) is 14.4 Å². The summed E-state index contributed by atoms with van der Waals surface area (Å²) >= 11 is 0. The molecule has 1 aliphatic rings. The van der Waals surface area contributed by atoms with Crippen LogP contribution in [0, 0.1) is 0 Å². The molecule has 0 spiro atoms. The summed E-state index contributed by atoms with van der Waals surface area (Å²) < 4.78 is 0. The van der Waals surface area contributed by atoms with Gasteiger partial charge in [0.2, 0.25) is 11.8 Å². The molecule has 19 heavy (non-hydrogen) atoms. The van der Waals surface area contributed by atoms with Crippen molar-refractivity contribution < 1.29 is 19.5 Å². The maximum absolute atomic E-state index is 11.7. The first kappa shape index (κ1) is 15.4. The average Bonchev–Trinajstić information content (AvgIpc) is 2.42. The zero-order valence-corrected chi connectivity index (χ0v) is 10.7. The Balaban J connectivity index is 2.18. The van der Waals surface area contributed by atoms with Gasteiger partial charge in [-0.2, -0.15) is 0 Å². The summed E-state index contributed by atoms with van der Waals surface area (Å²) in [6, 6.07) is -1.12. The molecule has 8 heteroatoms. The summed E-state index contributed by atoms with van der Waals surface area (Å²) in [7, 11) is 0. The molecule has 0 aliphatic carbocycles. The van der Waals surface area contributed by atoms with Crippen molar-refractivity contribution in [3.05, 3.63) is 0 Å². The molecule has 1 fully saturated rings.